The van der Waals surface area contributed by atoms with Crippen LogP contribution in [0.5, 0.6) is 17.2 Å². The highest BCUT2D eigenvalue weighted by atomic mass is 16.5. The van der Waals surface area contributed by atoms with E-state index in [4.69, 9.17) is 19.3 Å². The van der Waals surface area contributed by atoms with E-state index >= 15 is 0 Å². The molecule has 0 aliphatic heterocycles. The third kappa shape index (κ3) is 30.4. The molecule has 1 rings (SSSR count). The highest BCUT2D eigenvalue weighted by molar-refractivity contribution is 6.03. The van der Waals surface area contributed by atoms with Gasteiger partial charge in [-0.05, 0) is 44.7 Å². The SMILES string of the molecule is CCCCCCCCCCCCOc1cc(/C(O)=C/C(=O)/C=C(\C)NCCCO)cc(OCCCCCCCCCCCC)c1OCCCCCCCCCCCC. The summed E-state index contributed by atoms with van der Waals surface area (Å²) in [5, 5.41) is 23.5. The van der Waals surface area contributed by atoms with E-state index in [0.717, 1.165) is 38.5 Å². The van der Waals surface area contributed by atoms with Crippen molar-refractivity contribution in [1.82, 2.24) is 5.32 Å². The summed E-state index contributed by atoms with van der Waals surface area (Å²) >= 11 is 0. The highest BCUT2D eigenvalue weighted by Crippen LogP contribution is 2.41. The van der Waals surface area contributed by atoms with Gasteiger partial charge < -0.3 is 29.7 Å². The maximum atomic E-state index is 12.9. The maximum Gasteiger partial charge on any atom is 0.203 e. The van der Waals surface area contributed by atoms with Crippen molar-refractivity contribution in [1.29, 1.82) is 0 Å². The Hall–Kier alpha value is -2.67. The molecule has 7 heteroatoms. The second kappa shape index (κ2) is 39.8. The predicted molar refractivity (Wildman–Crippen MR) is 248 cm³/mol. The second-order valence-electron chi connectivity index (χ2n) is 16.7. The van der Waals surface area contributed by atoms with Gasteiger partial charge in [0.25, 0.3) is 0 Å². The number of hydrogen-bond donors (Lipinski definition) is 3. The molecule has 0 radical (unpaired) electrons. The minimum absolute atomic E-state index is 0.0844. The molecule has 58 heavy (non-hydrogen) atoms. The van der Waals surface area contributed by atoms with Crippen LogP contribution in [0.15, 0.2) is 30.0 Å². The van der Waals surface area contributed by atoms with Crippen molar-refractivity contribution >= 4 is 11.5 Å². The fraction of sp³-hybridized carbons (Fsp3) is 0.784. The first kappa shape index (κ1) is 53.3. The molecule has 0 aliphatic carbocycles. The Bertz CT molecular complexity index is 1120. The number of unbranched alkanes of at least 4 members (excludes halogenated alkanes) is 27. The number of hydrogen-bond acceptors (Lipinski definition) is 7. The van der Waals surface area contributed by atoms with E-state index in [0.29, 0.717) is 61.3 Å². The molecule has 7 nitrogen and oxygen atoms in total. The van der Waals surface area contributed by atoms with Gasteiger partial charge in [-0.15, -0.1) is 0 Å². The zero-order chi connectivity index (χ0) is 42.2. The molecule has 0 atom stereocenters. The molecule has 3 N–H and O–H groups in total. The third-order valence-electron chi connectivity index (χ3n) is 10.9. The van der Waals surface area contributed by atoms with E-state index in [1.54, 1.807) is 19.1 Å². The summed E-state index contributed by atoms with van der Waals surface area (Å²) in [4.78, 5) is 12.9. The van der Waals surface area contributed by atoms with Crippen molar-refractivity contribution in [2.75, 3.05) is 33.0 Å². The number of ether oxygens (including phenoxy) is 3. The van der Waals surface area contributed by atoms with Crippen LogP contribution in [0.4, 0.5) is 0 Å². The molecule has 336 valence electrons. The average molecular weight is 814 g/mol. The largest absolute Gasteiger partial charge is 0.507 e. The molecule has 0 heterocycles. The van der Waals surface area contributed by atoms with Crippen LogP contribution in [-0.4, -0.2) is 49.0 Å². The van der Waals surface area contributed by atoms with Gasteiger partial charge in [0.15, 0.2) is 17.3 Å². The van der Waals surface area contributed by atoms with Crippen LogP contribution in [0.1, 0.15) is 232 Å². The summed E-state index contributed by atoms with van der Waals surface area (Å²) in [5.74, 6) is 1.25. The Kier molecular flexibility index (Phi) is 36.6. The molecule has 1 aromatic rings. The summed E-state index contributed by atoms with van der Waals surface area (Å²) in [7, 11) is 0. The van der Waals surface area contributed by atoms with Crippen molar-refractivity contribution < 1.29 is 29.2 Å². The van der Waals surface area contributed by atoms with Crippen molar-refractivity contribution in [2.45, 2.75) is 227 Å². The lowest BCUT2D eigenvalue weighted by atomic mass is 10.1. The molecule has 0 fully saturated rings. The predicted octanol–water partition coefficient (Wildman–Crippen LogP) is 14.9. The van der Waals surface area contributed by atoms with E-state index in [1.807, 2.05) is 0 Å². The molecule has 0 aliphatic rings. The lowest BCUT2D eigenvalue weighted by Gasteiger charge is -2.19. The number of nitrogens with one attached hydrogen (secondary N) is 1. The molecule has 0 aromatic heterocycles. The molecule has 0 bridgehead atoms. The number of allylic oxidation sites excluding steroid dienone is 3. The molecule has 0 unspecified atom stereocenters. The lowest BCUT2D eigenvalue weighted by Crippen LogP contribution is -2.14. The van der Waals surface area contributed by atoms with Crippen LogP contribution in [0.25, 0.3) is 5.76 Å². The molecule has 0 saturated carbocycles. The first-order chi connectivity index (χ1) is 28.5. The number of aliphatic hydroxyl groups is 2. The number of carbonyl (C=O) groups excluding carboxylic acids is 1. The molecule has 0 spiro atoms. The third-order valence-corrected chi connectivity index (χ3v) is 10.9. The van der Waals surface area contributed by atoms with Gasteiger partial charge in [0, 0.05) is 36.6 Å². The van der Waals surface area contributed by atoms with E-state index in [1.165, 1.54) is 166 Å². The van der Waals surface area contributed by atoms with Gasteiger partial charge in [0.1, 0.15) is 5.76 Å². The van der Waals surface area contributed by atoms with E-state index in [-0.39, 0.29) is 18.1 Å². The number of carbonyl (C=O) groups is 1. The fourth-order valence-electron chi connectivity index (χ4n) is 7.28. The van der Waals surface area contributed by atoms with Crippen molar-refractivity contribution in [2.24, 2.45) is 0 Å². The minimum atomic E-state index is -0.326. The normalized spacial score (nSPS) is 11.9. The van der Waals surface area contributed by atoms with Gasteiger partial charge in [0.05, 0.1) is 19.8 Å². The smallest absolute Gasteiger partial charge is 0.203 e. The monoisotopic (exact) mass is 814 g/mol. The molecular weight excluding hydrogens is 723 g/mol. The quantitative estimate of drug-likeness (QED) is 0.0343. The maximum absolute atomic E-state index is 12.9. The van der Waals surface area contributed by atoms with Crippen molar-refractivity contribution in [3.63, 3.8) is 0 Å². The summed E-state index contributed by atoms with van der Waals surface area (Å²) in [6, 6.07) is 3.60. The van der Waals surface area contributed by atoms with Crippen LogP contribution in [0.2, 0.25) is 0 Å². The standard InChI is InChI=1S/C51H91NO6/c1-5-8-11-14-17-20-23-26-29-32-38-56-49-42-46(48(55)44-47(54)41-45(4)52-36-35-37-53)43-50(57-39-33-30-27-24-21-18-15-12-9-6-2)51(49)58-40-34-31-28-25-22-19-16-13-10-7-3/h41-44,52-53,55H,5-40H2,1-4H3/b45-41+,48-44-. The molecule has 0 saturated heterocycles. The molecular formula is C51H91NO6. The lowest BCUT2D eigenvalue weighted by molar-refractivity contribution is -0.110. The molecule has 1 aromatic carbocycles. The molecule has 0 amide bonds. The first-order valence-corrected chi connectivity index (χ1v) is 24.5. The van der Waals surface area contributed by atoms with Gasteiger partial charge in [-0.25, -0.2) is 0 Å². The zero-order valence-corrected chi connectivity index (χ0v) is 38.3. The fourth-order valence-corrected chi connectivity index (χ4v) is 7.28. The van der Waals surface area contributed by atoms with Crippen LogP contribution in [-0.2, 0) is 4.79 Å². The summed E-state index contributed by atoms with van der Waals surface area (Å²) in [6.07, 6.45) is 40.9. The Balaban J connectivity index is 3.05. The summed E-state index contributed by atoms with van der Waals surface area (Å²) in [5.41, 5.74) is 1.15. The Morgan fingerprint density at radius 2 is 0.862 bits per heavy atom. The van der Waals surface area contributed by atoms with Gasteiger partial charge in [-0.2, -0.15) is 0 Å². The van der Waals surface area contributed by atoms with E-state index in [9.17, 15) is 9.90 Å². The average Bonchev–Trinajstić information content (AvgIpc) is 3.21. The Morgan fingerprint density at radius 3 is 1.22 bits per heavy atom. The second-order valence-corrected chi connectivity index (χ2v) is 16.7. The van der Waals surface area contributed by atoms with Crippen LogP contribution < -0.4 is 19.5 Å². The number of ketones is 1. The van der Waals surface area contributed by atoms with E-state index < -0.39 is 0 Å². The summed E-state index contributed by atoms with van der Waals surface area (Å²) in [6.45, 7) is 10.9. The summed E-state index contributed by atoms with van der Waals surface area (Å²) < 4.78 is 19.4. The number of benzene rings is 1. The number of aliphatic hydroxyl groups excluding tert-OH is 2. The number of rotatable bonds is 43. The van der Waals surface area contributed by atoms with Crippen LogP contribution in [0, 0.1) is 0 Å². The van der Waals surface area contributed by atoms with E-state index in [2.05, 4.69) is 26.1 Å². The van der Waals surface area contributed by atoms with Gasteiger partial charge in [0.2, 0.25) is 5.75 Å². The van der Waals surface area contributed by atoms with Gasteiger partial charge >= 0.3 is 0 Å². The van der Waals surface area contributed by atoms with Crippen LogP contribution in [0.3, 0.4) is 0 Å². The Morgan fingerprint density at radius 1 is 0.517 bits per heavy atom. The Labute approximate surface area is 357 Å². The first-order valence-electron chi connectivity index (χ1n) is 24.5. The van der Waals surface area contributed by atoms with Crippen molar-refractivity contribution in [3.05, 3.63) is 35.5 Å². The topological polar surface area (TPSA) is 97.3 Å². The van der Waals surface area contributed by atoms with Gasteiger partial charge in [-0.1, -0.05) is 194 Å². The highest BCUT2D eigenvalue weighted by Gasteiger charge is 2.18. The van der Waals surface area contributed by atoms with Crippen molar-refractivity contribution in [3.8, 4) is 17.2 Å². The minimum Gasteiger partial charge on any atom is -0.507 e. The zero-order valence-electron chi connectivity index (χ0n) is 38.3. The van der Waals surface area contributed by atoms with Gasteiger partial charge in [-0.3, -0.25) is 4.79 Å². The van der Waals surface area contributed by atoms with Crippen LogP contribution >= 0.6 is 0 Å².